The highest BCUT2D eigenvalue weighted by Gasteiger charge is 2.17. The van der Waals surface area contributed by atoms with Crippen molar-refractivity contribution in [3.8, 4) is 0 Å². The summed E-state index contributed by atoms with van der Waals surface area (Å²) in [6, 6.07) is 0. The third kappa shape index (κ3) is 21.5. The first-order valence-corrected chi connectivity index (χ1v) is 9.76. The van der Waals surface area contributed by atoms with Crippen LogP contribution in [0.25, 0.3) is 0 Å². The van der Waals surface area contributed by atoms with E-state index in [1.807, 2.05) is 0 Å². The number of ether oxygens (including phenoxy) is 1. The average molecular weight is 364 g/mol. The number of carbonyl (C=O) groups is 1. The molecule has 1 fully saturated rings. The minimum absolute atomic E-state index is 0.350. The third-order valence-electron chi connectivity index (χ3n) is 4.19. The molecule has 1 saturated heterocycles. The van der Waals surface area contributed by atoms with Crippen LogP contribution in [0.3, 0.4) is 0 Å². The average Bonchev–Trinajstić information content (AvgIpc) is 2.67. The number of rotatable bonds is 8. The standard InChI is InChI=1S/C10H19NO.C7H16O.C2H6O.CH4O/c1-2-3-6-11-7-4-10(9-12)5-8-11;1-3-5-7(4-2)6-8;1-3-2;1-2/h9-10H,2-8H2,1H3;7-8H,3-6H2,1-2H3;1-2H3;2H,1H3. The van der Waals surface area contributed by atoms with Crippen LogP contribution in [0.2, 0.25) is 0 Å². The zero-order valence-corrected chi connectivity index (χ0v) is 17.7. The molecule has 0 saturated carbocycles. The monoisotopic (exact) mass is 363 g/mol. The van der Waals surface area contributed by atoms with E-state index >= 15 is 0 Å². The highest BCUT2D eigenvalue weighted by atomic mass is 16.4. The van der Waals surface area contributed by atoms with Crippen molar-refractivity contribution in [1.82, 2.24) is 4.90 Å². The lowest BCUT2D eigenvalue weighted by molar-refractivity contribution is -0.112. The maximum Gasteiger partial charge on any atom is 0.123 e. The summed E-state index contributed by atoms with van der Waals surface area (Å²) in [5, 5.41) is 15.7. The number of methoxy groups -OCH3 is 1. The molecule has 0 bridgehead atoms. The lowest BCUT2D eigenvalue weighted by Crippen LogP contribution is -2.34. The Morgan fingerprint density at radius 2 is 1.64 bits per heavy atom. The zero-order valence-electron chi connectivity index (χ0n) is 17.7. The van der Waals surface area contributed by atoms with E-state index in [-0.39, 0.29) is 0 Å². The molecule has 1 atom stereocenters. The van der Waals surface area contributed by atoms with Crippen molar-refractivity contribution < 1.29 is 19.7 Å². The second kappa shape index (κ2) is 25.7. The van der Waals surface area contributed by atoms with Crippen LogP contribution in [-0.2, 0) is 9.53 Å². The summed E-state index contributed by atoms with van der Waals surface area (Å²) in [6.45, 7) is 10.3. The molecule has 25 heavy (non-hydrogen) atoms. The molecule has 1 heterocycles. The molecule has 1 aliphatic rings. The van der Waals surface area contributed by atoms with Gasteiger partial charge in [-0.1, -0.05) is 40.0 Å². The second-order valence-electron chi connectivity index (χ2n) is 6.32. The molecule has 0 aliphatic carbocycles. The number of hydrogen-bond donors (Lipinski definition) is 2. The van der Waals surface area contributed by atoms with Gasteiger partial charge in [-0.25, -0.2) is 0 Å². The van der Waals surface area contributed by atoms with Gasteiger partial charge in [0.2, 0.25) is 0 Å². The van der Waals surface area contributed by atoms with Crippen molar-refractivity contribution in [3.05, 3.63) is 0 Å². The molecule has 0 aromatic rings. The quantitative estimate of drug-likeness (QED) is 0.647. The van der Waals surface area contributed by atoms with Gasteiger partial charge in [0, 0.05) is 33.9 Å². The number of unbranched alkanes of at least 4 members (excludes halogenated alkanes) is 1. The molecule has 1 rings (SSSR count). The predicted octanol–water partition coefficient (Wildman–Crippen LogP) is 3.37. The Bertz CT molecular complexity index is 228. The first kappa shape index (κ1) is 29.3. The van der Waals surface area contributed by atoms with Gasteiger partial charge in [-0.05, 0) is 51.2 Å². The van der Waals surface area contributed by atoms with Crippen LogP contribution in [-0.4, -0.2) is 69.0 Å². The number of nitrogens with zero attached hydrogens (tertiary/aromatic N) is 1. The van der Waals surface area contributed by atoms with E-state index in [9.17, 15) is 4.79 Å². The molecule has 5 nitrogen and oxygen atoms in total. The summed E-state index contributed by atoms with van der Waals surface area (Å²) in [6.07, 6.45) is 9.33. The number of aliphatic hydroxyl groups excluding tert-OH is 2. The van der Waals surface area contributed by atoms with Crippen LogP contribution in [0.4, 0.5) is 0 Å². The summed E-state index contributed by atoms with van der Waals surface area (Å²) < 4.78 is 4.25. The Balaban J connectivity index is -0.000000323. The van der Waals surface area contributed by atoms with Crippen molar-refractivity contribution in [1.29, 1.82) is 0 Å². The van der Waals surface area contributed by atoms with E-state index in [1.165, 1.54) is 32.2 Å². The largest absolute Gasteiger partial charge is 0.400 e. The van der Waals surface area contributed by atoms with E-state index < -0.39 is 0 Å². The van der Waals surface area contributed by atoms with Gasteiger partial charge in [0.15, 0.2) is 0 Å². The van der Waals surface area contributed by atoms with Crippen molar-refractivity contribution >= 4 is 6.29 Å². The first-order chi connectivity index (χ1) is 12.1. The molecule has 0 spiro atoms. The van der Waals surface area contributed by atoms with E-state index in [4.69, 9.17) is 10.2 Å². The maximum atomic E-state index is 10.5. The number of piperidine rings is 1. The van der Waals surface area contributed by atoms with Crippen LogP contribution < -0.4 is 0 Å². The highest BCUT2D eigenvalue weighted by molar-refractivity contribution is 5.53. The summed E-state index contributed by atoms with van der Waals surface area (Å²) >= 11 is 0. The Labute approximate surface area is 156 Å². The zero-order chi connectivity index (χ0) is 19.9. The van der Waals surface area contributed by atoms with Gasteiger partial charge in [0.25, 0.3) is 0 Å². The molecule has 1 unspecified atom stereocenters. The Morgan fingerprint density at radius 3 is 1.92 bits per heavy atom. The topological polar surface area (TPSA) is 70.0 Å². The lowest BCUT2D eigenvalue weighted by atomic mass is 9.98. The molecule has 1 aliphatic heterocycles. The molecule has 0 aromatic carbocycles. The van der Waals surface area contributed by atoms with Crippen LogP contribution in [0.1, 0.15) is 65.7 Å². The molecule has 2 N–H and O–H groups in total. The molecule has 154 valence electrons. The fourth-order valence-corrected chi connectivity index (χ4v) is 2.53. The van der Waals surface area contributed by atoms with Crippen molar-refractivity contribution in [2.75, 3.05) is 47.6 Å². The third-order valence-corrected chi connectivity index (χ3v) is 4.19. The Kier molecular flexibility index (Phi) is 30.2. The van der Waals surface area contributed by atoms with Gasteiger partial charge in [0.05, 0.1) is 0 Å². The van der Waals surface area contributed by atoms with E-state index in [1.54, 1.807) is 14.2 Å². The Hall–Kier alpha value is -0.490. The fourth-order valence-electron chi connectivity index (χ4n) is 2.53. The van der Waals surface area contributed by atoms with Crippen LogP contribution in [0.5, 0.6) is 0 Å². The number of carbonyl (C=O) groups excluding carboxylic acids is 1. The van der Waals surface area contributed by atoms with Gasteiger partial charge in [-0.15, -0.1) is 0 Å². The molecular formula is C20H45NO4. The Morgan fingerprint density at radius 1 is 1.12 bits per heavy atom. The molecule has 0 aromatic heterocycles. The van der Waals surface area contributed by atoms with Crippen LogP contribution in [0.15, 0.2) is 0 Å². The lowest BCUT2D eigenvalue weighted by Gasteiger charge is -2.29. The number of likely N-dealkylation sites (tertiary alicyclic amines) is 1. The smallest absolute Gasteiger partial charge is 0.123 e. The second-order valence-corrected chi connectivity index (χ2v) is 6.32. The summed E-state index contributed by atoms with van der Waals surface area (Å²) in [4.78, 5) is 12.9. The van der Waals surface area contributed by atoms with Gasteiger partial charge in [-0.2, -0.15) is 0 Å². The minimum atomic E-state index is 0.350. The van der Waals surface area contributed by atoms with E-state index in [2.05, 4.69) is 30.4 Å². The molecule has 0 radical (unpaired) electrons. The van der Waals surface area contributed by atoms with Gasteiger partial charge in [-0.3, -0.25) is 0 Å². The van der Waals surface area contributed by atoms with E-state index in [0.717, 1.165) is 45.7 Å². The molecule has 5 heteroatoms. The number of aldehydes is 1. The van der Waals surface area contributed by atoms with Crippen LogP contribution >= 0.6 is 0 Å². The van der Waals surface area contributed by atoms with Crippen molar-refractivity contribution in [2.24, 2.45) is 11.8 Å². The minimum Gasteiger partial charge on any atom is -0.400 e. The molecular weight excluding hydrogens is 318 g/mol. The van der Waals surface area contributed by atoms with Gasteiger partial charge in [0.1, 0.15) is 6.29 Å². The van der Waals surface area contributed by atoms with Crippen molar-refractivity contribution in [3.63, 3.8) is 0 Å². The summed E-state index contributed by atoms with van der Waals surface area (Å²) in [5.41, 5.74) is 0. The fraction of sp³-hybridized carbons (Fsp3) is 0.950. The number of aliphatic hydroxyl groups is 2. The van der Waals surface area contributed by atoms with Crippen molar-refractivity contribution in [2.45, 2.75) is 65.7 Å². The van der Waals surface area contributed by atoms with Crippen LogP contribution in [0, 0.1) is 11.8 Å². The van der Waals surface area contributed by atoms with E-state index in [0.29, 0.717) is 18.4 Å². The summed E-state index contributed by atoms with van der Waals surface area (Å²) in [7, 11) is 4.25. The van der Waals surface area contributed by atoms with Gasteiger partial charge >= 0.3 is 0 Å². The molecule has 0 amide bonds. The maximum absolute atomic E-state index is 10.5. The first-order valence-electron chi connectivity index (χ1n) is 9.76. The summed E-state index contributed by atoms with van der Waals surface area (Å²) in [5.74, 6) is 0.905. The number of hydrogen-bond acceptors (Lipinski definition) is 5. The normalized spacial score (nSPS) is 15.5. The van der Waals surface area contributed by atoms with Gasteiger partial charge < -0.3 is 24.6 Å². The SMILES string of the molecule is CCCC(CC)CO.CCCCN1CCC(C=O)CC1.CO.COC. The predicted molar refractivity (Wildman–Crippen MR) is 107 cm³/mol. The highest BCUT2D eigenvalue weighted by Crippen LogP contribution is 2.14.